The van der Waals surface area contributed by atoms with Crippen LogP contribution >= 0.6 is 0 Å². The highest BCUT2D eigenvalue weighted by Crippen LogP contribution is 2.23. The molecule has 9 heteroatoms. The zero-order valence-corrected chi connectivity index (χ0v) is 19.8. The van der Waals surface area contributed by atoms with Gasteiger partial charge >= 0.3 is 23.9 Å². The first-order chi connectivity index (χ1) is 16.6. The molecule has 0 amide bonds. The van der Waals surface area contributed by atoms with E-state index in [0.29, 0.717) is 22.6 Å². The highest BCUT2D eigenvalue weighted by Gasteiger charge is 2.17. The SMILES string of the molecule is C=C(C)C(=O)OCCOc1ccc(OC(=O)c2ccc(OC(=O)C(=C)CC(=O)OC)c(C)c2)cc1. The van der Waals surface area contributed by atoms with Crippen molar-refractivity contribution in [2.24, 2.45) is 0 Å². The van der Waals surface area contributed by atoms with E-state index in [9.17, 15) is 19.2 Å². The standard InChI is InChI=1S/C26H26O9/c1-16(2)24(28)33-13-12-32-20-7-9-21(10-8-20)34-26(30)19-6-11-22(17(3)14-19)35-25(29)18(4)15-23(27)31-5/h6-11,14H,1,4,12-13,15H2,2-3,5H3. The number of methoxy groups -OCH3 is 1. The van der Waals surface area contributed by atoms with Gasteiger partial charge in [-0.1, -0.05) is 13.2 Å². The Hall–Kier alpha value is -4.40. The van der Waals surface area contributed by atoms with Gasteiger partial charge in [-0.3, -0.25) is 4.79 Å². The predicted molar refractivity (Wildman–Crippen MR) is 125 cm³/mol. The molecule has 0 heterocycles. The number of carbonyl (C=O) groups excluding carboxylic acids is 4. The van der Waals surface area contributed by atoms with Crippen molar-refractivity contribution in [1.29, 1.82) is 0 Å². The lowest BCUT2D eigenvalue weighted by Crippen LogP contribution is -2.15. The fraction of sp³-hybridized carbons (Fsp3) is 0.231. The van der Waals surface area contributed by atoms with E-state index in [0.717, 1.165) is 0 Å². The van der Waals surface area contributed by atoms with E-state index < -0.39 is 23.9 Å². The molecule has 0 unspecified atom stereocenters. The van der Waals surface area contributed by atoms with Gasteiger partial charge in [-0.25, -0.2) is 14.4 Å². The molecule has 0 aliphatic rings. The maximum Gasteiger partial charge on any atom is 0.343 e. The smallest absolute Gasteiger partial charge is 0.343 e. The Balaban J connectivity index is 1.90. The Morgan fingerprint density at radius 1 is 0.857 bits per heavy atom. The second kappa shape index (κ2) is 12.7. The molecule has 0 radical (unpaired) electrons. The van der Waals surface area contributed by atoms with Crippen LogP contribution in [0.4, 0.5) is 0 Å². The first kappa shape index (κ1) is 26.8. The van der Waals surface area contributed by atoms with E-state index in [1.807, 2.05) is 0 Å². The minimum Gasteiger partial charge on any atom is -0.490 e. The van der Waals surface area contributed by atoms with E-state index in [1.54, 1.807) is 38.1 Å². The summed E-state index contributed by atoms with van der Waals surface area (Å²) in [6.45, 7) is 10.5. The molecule has 2 aromatic carbocycles. The summed E-state index contributed by atoms with van der Waals surface area (Å²) < 4.78 is 25.5. The second-order valence-corrected chi connectivity index (χ2v) is 7.35. The monoisotopic (exact) mass is 482 g/mol. The quantitative estimate of drug-likeness (QED) is 0.204. The molecule has 2 aromatic rings. The molecule has 0 N–H and O–H groups in total. The molecule has 9 nitrogen and oxygen atoms in total. The zero-order chi connectivity index (χ0) is 26.0. The fourth-order valence-electron chi connectivity index (χ4n) is 2.57. The number of hydrogen-bond donors (Lipinski definition) is 0. The molecular formula is C26H26O9. The van der Waals surface area contributed by atoms with Crippen molar-refractivity contribution in [3.8, 4) is 17.2 Å². The van der Waals surface area contributed by atoms with E-state index in [2.05, 4.69) is 17.9 Å². The van der Waals surface area contributed by atoms with Crippen LogP contribution in [0.1, 0.15) is 29.3 Å². The van der Waals surface area contributed by atoms with Crippen molar-refractivity contribution in [3.05, 3.63) is 77.9 Å². The molecule has 0 aromatic heterocycles. The number of hydrogen-bond acceptors (Lipinski definition) is 9. The van der Waals surface area contributed by atoms with Crippen LogP contribution in [0.3, 0.4) is 0 Å². The maximum atomic E-state index is 12.5. The van der Waals surface area contributed by atoms with E-state index in [1.165, 1.54) is 25.3 Å². The van der Waals surface area contributed by atoms with Gasteiger partial charge in [0.05, 0.1) is 19.1 Å². The Bertz CT molecular complexity index is 1130. The van der Waals surface area contributed by atoms with Crippen molar-refractivity contribution < 1.29 is 42.9 Å². The van der Waals surface area contributed by atoms with Crippen LogP contribution in [0.25, 0.3) is 0 Å². The Labute approximate surface area is 202 Å². The van der Waals surface area contributed by atoms with Gasteiger partial charge in [-0.2, -0.15) is 0 Å². The van der Waals surface area contributed by atoms with Crippen molar-refractivity contribution in [2.75, 3.05) is 20.3 Å². The summed E-state index contributed by atoms with van der Waals surface area (Å²) in [5.41, 5.74) is 1.01. The van der Waals surface area contributed by atoms with Gasteiger partial charge < -0.3 is 23.7 Å². The van der Waals surface area contributed by atoms with Crippen molar-refractivity contribution in [2.45, 2.75) is 20.3 Å². The molecule has 0 spiro atoms. The number of ether oxygens (including phenoxy) is 5. The van der Waals surface area contributed by atoms with Crippen LogP contribution in [0.2, 0.25) is 0 Å². The normalized spacial score (nSPS) is 10.0. The molecule has 0 saturated heterocycles. The minimum atomic E-state index is -0.773. The molecule has 0 saturated carbocycles. The average Bonchev–Trinajstić information content (AvgIpc) is 2.83. The third kappa shape index (κ3) is 8.47. The first-order valence-corrected chi connectivity index (χ1v) is 10.5. The van der Waals surface area contributed by atoms with Crippen molar-refractivity contribution in [1.82, 2.24) is 0 Å². The summed E-state index contributed by atoms with van der Waals surface area (Å²) in [5, 5.41) is 0. The van der Waals surface area contributed by atoms with Crippen molar-refractivity contribution in [3.63, 3.8) is 0 Å². The Kier molecular flexibility index (Phi) is 9.77. The summed E-state index contributed by atoms with van der Waals surface area (Å²) >= 11 is 0. The molecule has 0 aliphatic carbocycles. The largest absolute Gasteiger partial charge is 0.490 e. The first-order valence-electron chi connectivity index (χ1n) is 10.5. The van der Waals surface area contributed by atoms with E-state index in [-0.39, 0.29) is 36.5 Å². The van der Waals surface area contributed by atoms with Gasteiger partial charge in [-0.15, -0.1) is 0 Å². The van der Waals surface area contributed by atoms with Gasteiger partial charge in [0.15, 0.2) is 0 Å². The van der Waals surface area contributed by atoms with Gasteiger partial charge in [0.1, 0.15) is 30.5 Å². The summed E-state index contributed by atoms with van der Waals surface area (Å²) in [5.74, 6) is -1.46. The third-order valence-corrected chi connectivity index (χ3v) is 4.46. The van der Waals surface area contributed by atoms with Crippen LogP contribution in [-0.2, 0) is 23.9 Å². The summed E-state index contributed by atoms with van der Waals surface area (Å²) in [6.07, 6.45) is -0.287. The molecule has 0 fully saturated rings. The van der Waals surface area contributed by atoms with Crippen LogP contribution in [0, 0.1) is 6.92 Å². The summed E-state index contributed by atoms with van der Waals surface area (Å²) in [7, 11) is 1.21. The summed E-state index contributed by atoms with van der Waals surface area (Å²) in [6, 6.07) is 10.7. The zero-order valence-electron chi connectivity index (χ0n) is 19.8. The second-order valence-electron chi connectivity index (χ2n) is 7.35. The molecule has 0 bridgehead atoms. The average molecular weight is 482 g/mol. The number of benzene rings is 2. The maximum absolute atomic E-state index is 12.5. The number of aryl methyl sites for hydroxylation is 1. The molecular weight excluding hydrogens is 456 g/mol. The van der Waals surface area contributed by atoms with E-state index in [4.69, 9.17) is 18.9 Å². The molecule has 0 aliphatic heterocycles. The Morgan fingerprint density at radius 3 is 2.11 bits per heavy atom. The highest BCUT2D eigenvalue weighted by atomic mass is 16.6. The minimum absolute atomic E-state index is 0.0555. The lowest BCUT2D eigenvalue weighted by atomic mass is 10.1. The van der Waals surface area contributed by atoms with Gasteiger partial charge in [0, 0.05) is 11.1 Å². The number of esters is 4. The third-order valence-electron chi connectivity index (χ3n) is 4.46. The number of carbonyl (C=O) groups is 4. The lowest BCUT2D eigenvalue weighted by Gasteiger charge is -2.11. The molecule has 2 rings (SSSR count). The highest BCUT2D eigenvalue weighted by molar-refractivity contribution is 5.95. The van der Waals surface area contributed by atoms with Crippen LogP contribution in [0.15, 0.2) is 66.8 Å². The molecule has 0 atom stereocenters. The van der Waals surface area contributed by atoms with Crippen molar-refractivity contribution >= 4 is 23.9 Å². The van der Waals surface area contributed by atoms with Crippen LogP contribution in [0.5, 0.6) is 17.2 Å². The van der Waals surface area contributed by atoms with Gasteiger partial charge in [0.25, 0.3) is 0 Å². The van der Waals surface area contributed by atoms with E-state index >= 15 is 0 Å². The number of rotatable bonds is 11. The Morgan fingerprint density at radius 2 is 1.51 bits per heavy atom. The lowest BCUT2D eigenvalue weighted by molar-refractivity contribution is -0.141. The summed E-state index contributed by atoms with van der Waals surface area (Å²) in [4.78, 5) is 47.2. The molecule has 184 valence electrons. The predicted octanol–water partition coefficient (Wildman–Crippen LogP) is 3.74. The molecule has 35 heavy (non-hydrogen) atoms. The van der Waals surface area contributed by atoms with Gasteiger partial charge in [-0.05, 0) is 61.9 Å². The van der Waals surface area contributed by atoms with Gasteiger partial charge in [0.2, 0.25) is 0 Å². The van der Waals surface area contributed by atoms with Crippen LogP contribution < -0.4 is 14.2 Å². The topological polar surface area (TPSA) is 114 Å². The van der Waals surface area contributed by atoms with Crippen LogP contribution in [-0.4, -0.2) is 44.2 Å². The fourth-order valence-corrected chi connectivity index (χ4v) is 2.57.